The van der Waals surface area contributed by atoms with Crippen molar-refractivity contribution in [2.24, 2.45) is 0 Å². The van der Waals surface area contributed by atoms with Crippen LogP contribution in [0.3, 0.4) is 0 Å². The van der Waals surface area contributed by atoms with Crippen molar-refractivity contribution in [2.75, 3.05) is 12.0 Å². The average Bonchev–Trinajstić information content (AvgIpc) is 2.29. The third-order valence-electron chi connectivity index (χ3n) is 2.50. The lowest BCUT2D eigenvalue weighted by Gasteiger charge is -2.14. The van der Waals surface area contributed by atoms with Gasteiger partial charge >= 0.3 is 0 Å². The quantitative estimate of drug-likeness (QED) is 0.905. The highest BCUT2D eigenvalue weighted by atomic mass is 35.5. The molecular formula is C12H15Cl2NO3S. The lowest BCUT2D eigenvalue weighted by Crippen LogP contribution is -2.34. The van der Waals surface area contributed by atoms with Gasteiger partial charge < -0.3 is 5.32 Å². The van der Waals surface area contributed by atoms with E-state index in [4.69, 9.17) is 23.2 Å². The summed E-state index contributed by atoms with van der Waals surface area (Å²) in [6, 6.07) is 4.52. The van der Waals surface area contributed by atoms with Gasteiger partial charge in [0.15, 0.2) is 0 Å². The van der Waals surface area contributed by atoms with Crippen molar-refractivity contribution in [3.8, 4) is 0 Å². The monoisotopic (exact) mass is 323 g/mol. The first kappa shape index (κ1) is 16.3. The third-order valence-corrected chi connectivity index (χ3v) is 4.29. The number of benzene rings is 1. The predicted octanol–water partition coefficient (Wildman–Crippen LogP) is 2.55. The van der Waals surface area contributed by atoms with Crippen molar-refractivity contribution in [3.63, 3.8) is 0 Å². The first-order valence-corrected chi connectivity index (χ1v) is 8.45. The molecule has 4 nitrogen and oxygen atoms in total. The number of hydrogen-bond acceptors (Lipinski definition) is 3. The molecule has 0 heterocycles. The summed E-state index contributed by atoms with van der Waals surface area (Å²) < 4.78 is 22.1. The molecule has 106 valence electrons. The van der Waals surface area contributed by atoms with Crippen LogP contribution in [-0.2, 0) is 9.84 Å². The summed E-state index contributed by atoms with van der Waals surface area (Å²) >= 11 is 11.8. The number of nitrogens with one attached hydrogen (secondary N) is 1. The smallest absolute Gasteiger partial charge is 0.253 e. The van der Waals surface area contributed by atoms with E-state index in [1.165, 1.54) is 0 Å². The standard InChI is InChI=1S/C12H15Cl2NO3S/c1-8(6-7-19(2,17)18)15-12(16)9-4-3-5-10(13)11(9)14/h3-5,8H,6-7H2,1-2H3,(H,15,16)/t8-/m1/s1. The highest BCUT2D eigenvalue weighted by molar-refractivity contribution is 7.90. The highest BCUT2D eigenvalue weighted by Gasteiger charge is 2.15. The Morgan fingerprint density at radius 1 is 1.37 bits per heavy atom. The normalized spacial score (nSPS) is 13.1. The largest absolute Gasteiger partial charge is 0.350 e. The topological polar surface area (TPSA) is 63.2 Å². The summed E-state index contributed by atoms with van der Waals surface area (Å²) in [5.74, 6) is -0.342. The summed E-state index contributed by atoms with van der Waals surface area (Å²) in [6.07, 6.45) is 1.51. The van der Waals surface area contributed by atoms with Crippen molar-refractivity contribution in [1.29, 1.82) is 0 Å². The maximum absolute atomic E-state index is 11.9. The molecule has 0 aromatic heterocycles. The van der Waals surface area contributed by atoms with Crippen LogP contribution >= 0.6 is 23.2 Å². The second-order valence-electron chi connectivity index (χ2n) is 4.39. The van der Waals surface area contributed by atoms with Gasteiger partial charge in [-0.3, -0.25) is 4.79 Å². The van der Waals surface area contributed by atoms with E-state index < -0.39 is 9.84 Å². The summed E-state index contributed by atoms with van der Waals surface area (Å²) in [4.78, 5) is 11.9. The zero-order valence-corrected chi connectivity index (χ0v) is 12.9. The molecule has 0 fully saturated rings. The maximum Gasteiger partial charge on any atom is 0.253 e. The molecule has 0 aliphatic carbocycles. The molecule has 1 aromatic rings. The molecule has 1 atom stereocenters. The molecule has 1 rings (SSSR count). The van der Waals surface area contributed by atoms with Crippen molar-refractivity contribution in [3.05, 3.63) is 33.8 Å². The fourth-order valence-electron chi connectivity index (χ4n) is 1.44. The van der Waals surface area contributed by atoms with Crippen LogP contribution in [0.15, 0.2) is 18.2 Å². The van der Waals surface area contributed by atoms with Gasteiger partial charge in [0.05, 0.1) is 21.4 Å². The van der Waals surface area contributed by atoms with Crippen molar-refractivity contribution < 1.29 is 13.2 Å². The van der Waals surface area contributed by atoms with Crippen LogP contribution in [0, 0.1) is 0 Å². The molecule has 0 aliphatic rings. The number of halogens is 2. The van der Waals surface area contributed by atoms with E-state index in [1.807, 2.05) is 0 Å². The van der Waals surface area contributed by atoms with E-state index in [-0.39, 0.29) is 28.3 Å². The SMILES string of the molecule is C[C@H](CCS(C)(=O)=O)NC(=O)c1cccc(Cl)c1Cl. The molecule has 19 heavy (non-hydrogen) atoms. The maximum atomic E-state index is 11.9. The predicted molar refractivity (Wildman–Crippen MR) is 77.7 cm³/mol. The van der Waals surface area contributed by atoms with Crippen molar-refractivity contribution >= 4 is 38.9 Å². The number of amides is 1. The number of sulfone groups is 1. The van der Waals surface area contributed by atoms with Crippen LogP contribution < -0.4 is 5.32 Å². The molecule has 1 amide bonds. The number of hydrogen-bond donors (Lipinski definition) is 1. The Bertz CT molecular complexity index is 572. The zero-order valence-electron chi connectivity index (χ0n) is 10.6. The van der Waals surface area contributed by atoms with Crippen LogP contribution in [0.1, 0.15) is 23.7 Å². The Balaban J connectivity index is 2.67. The van der Waals surface area contributed by atoms with Gasteiger partial charge in [-0.15, -0.1) is 0 Å². The summed E-state index contributed by atoms with van der Waals surface area (Å²) in [5.41, 5.74) is 0.278. The fraction of sp³-hybridized carbons (Fsp3) is 0.417. The van der Waals surface area contributed by atoms with E-state index in [9.17, 15) is 13.2 Å². The molecule has 1 N–H and O–H groups in total. The third kappa shape index (κ3) is 5.38. The molecule has 0 saturated carbocycles. The Labute approximate surface area is 123 Å². The van der Waals surface area contributed by atoms with E-state index in [0.717, 1.165) is 6.26 Å². The van der Waals surface area contributed by atoms with Gasteiger partial charge in [-0.05, 0) is 25.5 Å². The zero-order chi connectivity index (χ0) is 14.6. The lowest BCUT2D eigenvalue weighted by molar-refractivity contribution is 0.0939. The number of carbonyl (C=O) groups excluding carboxylic acids is 1. The summed E-state index contributed by atoms with van der Waals surface area (Å²) in [7, 11) is -3.03. The van der Waals surface area contributed by atoms with E-state index >= 15 is 0 Å². The molecule has 7 heteroatoms. The van der Waals surface area contributed by atoms with Crippen molar-refractivity contribution in [2.45, 2.75) is 19.4 Å². The average molecular weight is 324 g/mol. The lowest BCUT2D eigenvalue weighted by atomic mass is 10.2. The number of carbonyl (C=O) groups is 1. The van der Waals surface area contributed by atoms with E-state index in [1.54, 1.807) is 25.1 Å². The molecule has 0 bridgehead atoms. The molecule has 0 aliphatic heterocycles. The van der Waals surface area contributed by atoms with Gasteiger partial charge in [0.2, 0.25) is 0 Å². The van der Waals surface area contributed by atoms with Crippen LogP contribution in [0.2, 0.25) is 10.0 Å². The minimum Gasteiger partial charge on any atom is -0.350 e. The van der Waals surface area contributed by atoms with Crippen LogP contribution in [0.4, 0.5) is 0 Å². The van der Waals surface area contributed by atoms with Crippen LogP contribution in [-0.4, -0.2) is 32.4 Å². The summed E-state index contributed by atoms with van der Waals surface area (Å²) in [6.45, 7) is 1.74. The first-order valence-electron chi connectivity index (χ1n) is 5.63. The number of rotatable bonds is 5. The fourth-order valence-corrected chi connectivity index (χ4v) is 2.61. The first-order chi connectivity index (χ1) is 8.70. The van der Waals surface area contributed by atoms with Gasteiger partial charge in [0.25, 0.3) is 5.91 Å². The molecule has 0 unspecified atom stereocenters. The van der Waals surface area contributed by atoms with Crippen LogP contribution in [0.25, 0.3) is 0 Å². The molecule has 0 radical (unpaired) electrons. The molecule has 0 spiro atoms. The minimum absolute atomic E-state index is 0.0255. The van der Waals surface area contributed by atoms with Gasteiger partial charge in [-0.25, -0.2) is 8.42 Å². The molecule has 1 aromatic carbocycles. The van der Waals surface area contributed by atoms with Crippen molar-refractivity contribution in [1.82, 2.24) is 5.32 Å². The second-order valence-corrected chi connectivity index (χ2v) is 7.44. The Hall–Kier alpha value is -0.780. The van der Waals surface area contributed by atoms with Crippen LogP contribution in [0.5, 0.6) is 0 Å². The molecular weight excluding hydrogens is 309 g/mol. The summed E-state index contributed by atoms with van der Waals surface area (Å²) in [5, 5.41) is 3.19. The van der Waals surface area contributed by atoms with Gasteiger partial charge in [-0.1, -0.05) is 29.3 Å². The Morgan fingerprint density at radius 3 is 2.58 bits per heavy atom. The van der Waals surface area contributed by atoms with E-state index in [2.05, 4.69) is 5.32 Å². The van der Waals surface area contributed by atoms with Gasteiger partial charge in [0.1, 0.15) is 9.84 Å². The Kier molecular flexibility index (Phi) is 5.64. The van der Waals surface area contributed by atoms with Gasteiger partial charge in [0, 0.05) is 12.3 Å². The van der Waals surface area contributed by atoms with E-state index in [0.29, 0.717) is 11.4 Å². The minimum atomic E-state index is -3.03. The Morgan fingerprint density at radius 2 is 2.00 bits per heavy atom. The second kappa shape index (κ2) is 6.59. The molecule has 0 saturated heterocycles. The highest BCUT2D eigenvalue weighted by Crippen LogP contribution is 2.25. The van der Waals surface area contributed by atoms with Gasteiger partial charge in [-0.2, -0.15) is 0 Å².